The highest BCUT2D eigenvalue weighted by Crippen LogP contribution is 2.05. The summed E-state index contributed by atoms with van der Waals surface area (Å²) in [6.45, 7) is 8.68. The summed E-state index contributed by atoms with van der Waals surface area (Å²) in [4.78, 5) is 16.0. The molecule has 0 aromatic heterocycles. The van der Waals surface area contributed by atoms with Crippen LogP contribution in [0.3, 0.4) is 0 Å². The lowest BCUT2D eigenvalue weighted by Gasteiger charge is -2.12. The van der Waals surface area contributed by atoms with Gasteiger partial charge in [-0.3, -0.25) is 9.79 Å². The van der Waals surface area contributed by atoms with E-state index in [9.17, 15) is 4.79 Å². The Balaban J connectivity index is 2.34. The zero-order valence-corrected chi connectivity index (χ0v) is 15.5. The van der Waals surface area contributed by atoms with Crippen molar-refractivity contribution in [3.05, 3.63) is 35.4 Å². The predicted octanol–water partition coefficient (Wildman–Crippen LogP) is 2.93. The van der Waals surface area contributed by atoms with E-state index in [4.69, 9.17) is 0 Å². The second-order valence-corrected chi connectivity index (χ2v) is 6.30. The standard InChI is InChI=1S/C19H32N4O/c1-5-21-18(24)17-11-9-16(10-12-17)14-23-19(20-4)22-13-7-6-8-15(2)3/h9-12,15H,5-8,13-14H2,1-4H3,(H,21,24)(H2,20,22,23). The van der Waals surface area contributed by atoms with Gasteiger partial charge in [0, 0.05) is 32.2 Å². The number of aliphatic imine (C=N–C) groups is 1. The number of unbranched alkanes of at least 4 members (excludes halogenated alkanes) is 1. The lowest BCUT2D eigenvalue weighted by molar-refractivity contribution is 0.0956. The molecule has 0 radical (unpaired) electrons. The zero-order valence-electron chi connectivity index (χ0n) is 15.5. The molecule has 0 heterocycles. The Morgan fingerprint density at radius 3 is 2.38 bits per heavy atom. The fourth-order valence-electron chi connectivity index (χ4n) is 2.33. The second kappa shape index (κ2) is 11.5. The first kappa shape index (κ1) is 20.0. The molecule has 0 saturated carbocycles. The summed E-state index contributed by atoms with van der Waals surface area (Å²) in [7, 11) is 1.78. The third kappa shape index (κ3) is 7.99. The molecule has 1 aromatic carbocycles. The Labute approximate surface area is 146 Å². The number of hydrogen-bond donors (Lipinski definition) is 3. The fraction of sp³-hybridized carbons (Fsp3) is 0.579. The average molecular weight is 332 g/mol. The molecule has 1 aromatic rings. The monoisotopic (exact) mass is 332 g/mol. The number of rotatable bonds is 9. The molecule has 1 amide bonds. The smallest absolute Gasteiger partial charge is 0.251 e. The first-order chi connectivity index (χ1) is 11.6. The third-order valence-electron chi connectivity index (χ3n) is 3.74. The van der Waals surface area contributed by atoms with Crippen LogP contribution in [0.4, 0.5) is 0 Å². The number of hydrogen-bond acceptors (Lipinski definition) is 2. The lowest BCUT2D eigenvalue weighted by atomic mass is 10.1. The van der Waals surface area contributed by atoms with Crippen molar-refractivity contribution in [2.24, 2.45) is 10.9 Å². The molecule has 5 heteroatoms. The van der Waals surface area contributed by atoms with Crippen LogP contribution in [0.5, 0.6) is 0 Å². The van der Waals surface area contributed by atoms with Crippen molar-refractivity contribution >= 4 is 11.9 Å². The van der Waals surface area contributed by atoms with Crippen molar-refractivity contribution in [2.75, 3.05) is 20.1 Å². The van der Waals surface area contributed by atoms with Crippen molar-refractivity contribution in [1.29, 1.82) is 0 Å². The summed E-state index contributed by atoms with van der Waals surface area (Å²) in [6, 6.07) is 7.63. The largest absolute Gasteiger partial charge is 0.356 e. The fourth-order valence-corrected chi connectivity index (χ4v) is 2.33. The van der Waals surface area contributed by atoms with Gasteiger partial charge in [-0.05, 0) is 37.0 Å². The SMILES string of the molecule is CCNC(=O)c1ccc(CNC(=NC)NCCCCC(C)C)cc1. The van der Waals surface area contributed by atoms with Crippen LogP contribution in [0, 0.1) is 5.92 Å². The van der Waals surface area contributed by atoms with Crippen LogP contribution in [0.25, 0.3) is 0 Å². The van der Waals surface area contributed by atoms with Crippen LogP contribution < -0.4 is 16.0 Å². The Morgan fingerprint density at radius 2 is 1.79 bits per heavy atom. The normalized spacial score (nSPS) is 11.5. The minimum Gasteiger partial charge on any atom is -0.356 e. The van der Waals surface area contributed by atoms with E-state index in [1.165, 1.54) is 12.8 Å². The Kier molecular flexibility index (Phi) is 9.58. The van der Waals surface area contributed by atoms with E-state index in [2.05, 4.69) is 34.8 Å². The third-order valence-corrected chi connectivity index (χ3v) is 3.74. The molecule has 0 aliphatic carbocycles. The van der Waals surface area contributed by atoms with Crippen molar-refractivity contribution in [1.82, 2.24) is 16.0 Å². The van der Waals surface area contributed by atoms with Gasteiger partial charge in [0.25, 0.3) is 5.91 Å². The number of nitrogens with zero attached hydrogens (tertiary/aromatic N) is 1. The minimum atomic E-state index is -0.0316. The molecule has 0 aliphatic rings. The second-order valence-electron chi connectivity index (χ2n) is 6.30. The van der Waals surface area contributed by atoms with Crippen molar-refractivity contribution in [3.63, 3.8) is 0 Å². The van der Waals surface area contributed by atoms with E-state index < -0.39 is 0 Å². The quantitative estimate of drug-likeness (QED) is 0.370. The molecule has 0 unspecified atom stereocenters. The van der Waals surface area contributed by atoms with E-state index in [0.29, 0.717) is 18.7 Å². The molecule has 1 rings (SSSR count). The van der Waals surface area contributed by atoms with Gasteiger partial charge >= 0.3 is 0 Å². The first-order valence-corrected chi connectivity index (χ1v) is 8.88. The molecular formula is C19H32N4O. The molecule has 24 heavy (non-hydrogen) atoms. The lowest BCUT2D eigenvalue weighted by Crippen LogP contribution is -2.37. The summed E-state index contributed by atoms with van der Waals surface area (Å²) < 4.78 is 0. The predicted molar refractivity (Wildman–Crippen MR) is 101 cm³/mol. The van der Waals surface area contributed by atoms with Crippen molar-refractivity contribution in [3.8, 4) is 0 Å². The number of carbonyl (C=O) groups excluding carboxylic acids is 1. The highest BCUT2D eigenvalue weighted by molar-refractivity contribution is 5.94. The van der Waals surface area contributed by atoms with Crippen LogP contribution in [-0.4, -0.2) is 32.0 Å². The van der Waals surface area contributed by atoms with E-state index in [-0.39, 0.29) is 5.91 Å². The van der Waals surface area contributed by atoms with Gasteiger partial charge in [-0.15, -0.1) is 0 Å². The molecule has 0 spiro atoms. The molecule has 0 atom stereocenters. The molecule has 5 nitrogen and oxygen atoms in total. The minimum absolute atomic E-state index is 0.0316. The number of guanidine groups is 1. The molecule has 0 bridgehead atoms. The topological polar surface area (TPSA) is 65.5 Å². The van der Waals surface area contributed by atoms with Gasteiger partial charge in [0.1, 0.15) is 0 Å². The number of benzene rings is 1. The summed E-state index contributed by atoms with van der Waals surface area (Å²) in [5.41, 5.74) is 1.80. The Bertz CT molecular complexity index is 509. The van der Waals surface area contributed by atoms with Gasteiger partial charge < -0.3 is 16.0 Å². The van der Waals surface area contributed by atoms with Crippen LogP contribution in [0.2, 0.25) is 0 Å². The summed E-state index contributed by atoms with van der Waals surface area (Å²) in [5.74, 6) is 1.55. The maximum atomic E-state index is 11.7. The van der Waals surface area contributed by atoms with E-state index in [0.717, 1.165) is 30.4 Å². The van der Waals surface area contributed by atoms with E-state index in [1.807, 2.05) is 31.2 Å². The maximum absolute atomic E-state index is 11.7. The average Bonchev–Trinajstić information content (AvgIpc) is 2.57. The van der Waals surface area contributed by atoms with Crippen LogP contribution in [0.15, 0.2) is 29.3 Å². The maximum Gasteiger partial charge on any atom is 0.251 e. The summed E-state index contributed by atoms with van der Waals surface area (Å²) in [6.07, 6.45) is 3.66. The van der Waals surface area contributed by atoms with Gasteiger partial charge in [0.05, 0.1) is 0 Å². The molecule has 134 valence electrons. The first-order valence-electron chi connectivity index (χ1n) is 8.88. The van der Waals surface area contributed by atoms with Crippen LogP contribution in [-0.2, 0) is 6.54 Å². The van der Waals surface area contributed by atoms with Gasteiger partial charge in [0.2, 0.25) is 0 Å². The summed E-state index contributed by atoms with van der Waals surface area (Å²) >= 11 is 0. The van der Waals surface area contributed by atoms with Gasteiger partial charge in [0.15, 0.2) is 5.96 Å². The molecule has 3 N–H and O–H groups in total. The van der Waals surface area contributed by atoms with Crippen LogP contribution >= 0.6 is 0 Å². The molecule has 0 fully saturated rings. The van der Waals surface area contributed by atoms with Crippen molar-refractivity contribution < 1.29 is 4.79 Å². The molecule has 0 saturated heterocycles. The number of nitrogens with one attached hydrogen (secondary N) is 3. The van der Waals surface area contributed by atoms with Crippen molar-refractivity contribution in [2.45, 2.75) is 46.6 Å². The van der Waals surface area contributed by atoms with Crippen LogP contribution in [0.1, 0.15) is 56.0 Å². The van der Waals surface area contributed by atoms with E-state index in [1.54, 1.807) is 7.05 Å². The Hall–Kier alpha value is -2.04. The number of carbonyl (C=O) groups is 1. The van der Waals surface area contributed by atoms with E-state index >= 15 is 0 Å². The van der Waals surface area contributed by atoms with Gasteiger partial charge in [-0.2, -0.15) is 0 Å². The summed E-state index contributed by atoms with van der Waals surface area (Å²) in [5, 5.41) is 9.43. The number of amides is 1. The zero-order chi connectivity index (χ0) is 17.8. The molecular weight excluding hydrogens is 300 g/mol. The highest BCUT2D eigenvalue weighted by Gasteiger charge is 2.04. The van der Waals surface area contributed by atoms with Gasteiger partial charge in [-0.25, -0.2) is 0 Å². The Morgan fingerprint density at radius 1 is 1.08 bits per heavy atom. The van der Waals surface area contributed by atoms with Gasteiger partial charge in [-0.1, -0.05) is 38.8 Å². The molecule has 0 aliphatic heterocycles. The highest BCUT2D eigenvalue weighted by atomic mass is 16.1.